The number of anilines is 1. The number of urea groups is 1. The van der Waals surface area contributed by atoms with E-state index in [0.29, 0.717) is 30.4 Å². The topological polar surface area (TPSA) is 96.9 Å². The van der Waals surface area contributed by atoms with Gasteiger partial charge in [0.2, 0.25) is 0 Å². The number of hydrogen-bond donors (Lipinski definition) is 3. The molecule has 0 saturated carbocycles. The molecule has 1 atom stereocenters. The van der Waals surface area contributed by atoms with Crippen LogP contribution in [0.5, 0.6) is 11.5 Å². The monoisotopic (exact) mass is 342 g/mol. The second kappa shape index (κ2) is 7.57. The Morgan fingerprint density at radius 2 is 1.76 bits per heavy atom. The first kappa shape index (κ1) is 16.6. The van der Waals surface area contributed by atoms with Gasteiger partial charge < -0.3 is 25.2 Å². The highest BCUT2D eigenvalue weighted by atomic mass is 16.6. The van der Waals surface area contributed by atoms with Crippen LogP contribution in [-0.2, 0) is 11.2 Å². The number of hydrogen-bond acceptors (Lipinski definition) is 4. The summed E-state index contributed by atoms with van der Waals surface area (Å²) in [6, 6.07) is 12.5. The van der Waals surface area contributed by atoms with Gasteiger partial charge in [0.25, 0.3) is 0 Å². The first-order chi connectivity index (χ1) is 12.1. The van der Waals surface area contributed by atoms with Gasteiger partial charge in [-0.3, -0.25) is 0 Å². The van der Waals surface area contributed by atoms with Crippen molar-refractivity contribution in [1.29, 1.82) is 0 Å². The fraction of sp³-hybridized carbons (Fsp3) is 0.222. The number of benzene rings is 2. The van der Waals surface area contributed by atoms with E-state index in [1.54, 1.807) is 18.2 Å². The lowest BCUT2D eigenvalue weighted by molar-refractivity contribution is -0.139. The number of rotatable bonds is 5. The summed E-state index contributed by atoms with van der Waals surface area (Å²) in [5, 5.41) is 14.4. The average molecular weight is 342 g/mol. The molecule has 3 rings (SSSR count). The van der Waals surface area contributed by atoms with Crippen LogP contribution in [-0.4, -0.2) is 36.4 Å². The number of carboxylic acids is 1. The van der Waals surface area contributed by atoms with Crippen LogP contribution in [0.25, 0.3) is 0 Å². The number of fused-ring (bicyclic) bond motifs is 1. The minimum absolute atomic E-state index is 0.199. The first-order valence-corrected chi connectivity index (χ1v) is 7.86. The third-order valence-electron chi connectivity index (χ3n) is 3.69. The van der Waals surface area contributed by atoms with Crippen LogP contribution in [0.3, 0.4) is 0 Å². The van der Waals surface area contributed by atoms with E-state index in [9.17, 15) is 14.7 Å². The second-order valence-corrected chi connectivity index (χ2v) is 5.54. The average Bonchev–Trinajstić information content (AvgIpc) is 2.62. The second-order valence-electron chi connectivity index (χ2n) is 5.54. The zero-order valence-electron chi connectivity index (χ0n) is 13.4. The van der Waals surface area contributed by atoms with Crippen LogP contribution in [0.1, 0.15) is 5.56 Å². The van der Waals surface area contributed by atoms with Crippen LogP contribution >= 0.6 is 0 Å². The lowest BCUT2D eigenvalue weighted by Crippen LogP contribution is -2.44. The molecule has 2 amide bonds. The summed E-state index contributed by atoms with van der Waals surface area (Å²) in [4.78, 5) is 23.5. The van der Waals surface area contributed by atoms with Crippen molar-refractivity contribution < 1.29 is 24.2 Å². The molecule has 130 valence electrons. The van der Waals surface area contributed by atoms with Gasteiger partial charge in [-0.25, -0.2) is 9.59 Å². The summed E-state index contributed by atoms with van der Waals surface area (Å²) < 4.78 is 10.9. The fourth-order valence-electron chi connectivity index (χ4n) is 2.50. The summed E-state index contributed by atoms with van der Waals surface area (Å²) >= 11 is 0. The van der Waals surface area contributed by atoms with E-state index in [1.807, 2.05) is 30.3 Å². The van der Waals surface area contributed by atoms with Gasteiger partial charge in [-0.1, -0.05) is 30.3 Å². The number of carbonyl (C=O) groups excluding carboxylic acids is 1. The number of ether oxygens (including phenoxy) is 2. The lowest BCUT2D eigenvalue weighted by Gasteiger charge is -2.19. The molecule has 0 unspecified atom stereocenters. The molecule has 1 aliphatic heterocycles. The maximum atomic E-state index is 12.1. The fourth-order valence-corrected chi connectivity index (χ4v) is 2.50. The van der Waals surface area contributed by atoms with Gasteiger partial charge in [-0.15, -0.1) is 0 Å². The standard InChI is InChI=1S/C18H18N2O5/c21-17(22)14(10-12-4-2-1-3-5-12)20-18(23)19-13-6-7-15-16(11-13)25-9-8-24-15/h1-7,11,14H,8-10H2,(H,21,22)(H2,19,20,23)/t14-/m0/s1. The van der Waals surface area contributed by atoms with Crippen LogP contribution in [0.2, 0.25) is 0 Å². The van der Waals surface area contributed by atoms with E-state index in [0.717, 1.165) is 5.56 Å². The van der Waals surface area contributed by atoms with Crippen molar-refractivity contribution in [2.45, 2.75) is 12.5 Å². The van der Waals surface area contributed by atoms with Crippen molar-refractivity contribution in [3.8, 4) is 11.5 Å². The highest BCUT2D eigenvalue weighted by molar-refractivity contribution is 5.92. The predicted octanol–water partition coefficient (Wildman–Crippen LogP) is 2.28. The van der Waals surface area contributed by atoms with Crippen molar-refractivity contribution in [2.24, 2.45) is 0 Å². The summed E-state index contributed by atoms with van der Waals surface area (Å²) in [6.45, 7) is 0.931. The van der Waals surface area contributed by atoms with Gasteiger partial charge in [0.1, 0.15) is 19.3 Å². The maximum Gasteiger partial charge on any atom is 0.326 e. The van der Waals surface area contributed by atoms with E-state index in [-0.39, 0.29) is 6.42 Å². The molecule has 0 aliphatic carbocycles. The summed E-state index contributed by atoms with van der Waals surface area (Å²) in [6.07, 6.45) is 0.199. The quantitative estimate of drug-likeness (QED) is 0.774. The van der Waals surface area contributed by atoms with Gasteiger partial charge >= 0.3 is 12.0 Å². The molecule has 2 aromatic rings. The number of carbonyl (C=O) groups is 2. The van der Waals surface area contributed by atoms with E-state index in [2.05, 4.69) is 10.6 Å². The molecule has 0 aromatic heterocycles. The van der Waals surface area contributed by atoms with E-state index >= 15 is 0 Å². The Morgan fingerprint density at radius 3 is 2.48 bits per heavy atom. The van der Waals surface area contributed by atoms with Crippen molar-refractivity contribution in [1.82, 2.24) is 5.32 Å². The first-order valence-electron chi connectivity index (χ1n) is 7.86. The molecule has 25 heavy (non-hydrogen) atoms. The summed E-state index contributed by atoms with van der Waals surface area (Å²) in [7, 11) is 0. The zero-order chi connectivity index (χ0) is 17.6. The molecule has 1 heterocycles. The Morgan fingerprint density at radius 1 is 1.04 bits per heavy atom. The molecular weight excluding hydrogens is 324 g/mol. The van der Waals surface area contributed by atoms with Crippen molar-refractivity contribution in [3.63, 3.8) is 0 Å². The molecule has 0 saturated heterocycles. The largest absolute Gasteiger partial charge is 0.486 e. The van der Waals surface area contributed by atoms with E-state index < -0.39 is 18.0 Å². The number of carboxylic acid groups (broad SMARTS) is 1. The Labute approximate surface area is 144 Å². The van der Waals surface area contributed by atoms with Crippen LogP contribution in [0, 0.1) is 0 Å². The van der Waals surface area contributed by atoms with Gasteiger partial charge in [0.15, 0.2) is 11.5 Å². The Balaban J connectivity index is 1.62. The van der Waals surface area contributed by atoms with Gasteiger partial charge in [-0.2, -0.15) is 0 Å². The minimum Gasteiger partial charge on any atom is -0.486 e. The Kier molecular flexibility index (Phi) is 5.03. The van der Waals surface area contributed by atoms with E-state index in [1.165, 1.54) is 0 Å². The smallest absolute Gasteiger partial charge is 0.326 e. The van der Waals surface area contributed by atoms with Crippen LogP contribution < -0.4 is 20.1 Å². The molecule has 1 aliphatic rings. The Bertz CT molecular complexity index is 763. The normalized spacial score (nSPS) is 13.6. The summed E-state index contributed by atoms with van der Waals surface area (Å²) in [5.74, 6) is 0.0639. The minimum atomic E-state index is -1.10. The van der Waals surface area contributed by atoms with E-state index in [4.69, 9.17) is 9.47 Å². The SMILES string of the molecule is O=C(Nc1ccc2c(c1)OCCO2)N[C@@H](Cc1ccccc1)C(=O)O. The van der Waals surface area contributed by atoms with Gasteiger partial charge in [0, 0.05) is 18.2 Å². The van der Waals surface area contributed by atoms with Crippen molar-refractivity contribution >= 4 is 17.7 Å². The molecule has 0 fully saturated rings. The van der Waals surface area contributed by atoms with Gasteiger partial charge in [0.05, 0.1) is 0 Å². The van der Waals surface area contributed by atoms with Crippen LogP contribution in [0.15, 0.2) is 48.5 Å². The maximum absolute atomic E-state index is 12.1. The molecule has 0 radical (unpaired) electrons. The number of aliphatic carboxylic acids is 1. The Hall–Kier alpha value is -3.22. The molecule has 7 heteroatoms. The molecular formula is C18H18N2O5. The molecule has 7 nitrogen and oxygen atoms in total. The number of nitrogens with one attached hydrogen (secondary N) is 2. The van der Waals surface area contributed by atoms with Crippen molar-refractivity contribution in [2.75, 3.05) is 18.5 Å². The number of amides is 2. The zero-order valence-corrected chi connectivity index (χ0v) is 13.4. The lowest BCUT2D eigenvalue weighted by atomic mass is 10.1. The van der Waals surface area contributed by atoms with Gasteiger partial charge in [-0.05, 0) is 17.7 Å². The molecule has 2 aromatic carbocycles. The predicted molar refractivity (Wildman–Crippen MR) is 91.2 cm³/mol. The van der Waals surface area contributed by atoms with Crippen molar-refractivity contribution in [3.05, 3.63) is 54.1 Å². The third kappa shape index (κ3) is 4.41. The highest BCUT2D eigenvalue weighted by Gasteiger charge is 2.21. The summed E-state index contributed by atoms with van der Waals surface area (Å²) in [5.41, 5.74) is 1.32. The third-order valence-corrected chi connectivity index (χ3v) is 3.69. The molecule has 0 bridgehead atoms. The molecule has 3 N–H and O–H groups in total. The highest BCUT2D eigenvalue weighted by Crippen LogP contribution is 2.32. The van der Waals surface area contributed by atoms with Crippen LogP contribution in [0.4, 0.5) is 10.5 Å². The molecule has 0 spiro atoms.